The fourth-order valence-corrected chi connectivity index (χ4v) is 1.81. The fourth-order valence-electron chi connectivity index (χ4n) is 1.81. The summed E-state index contributed by atoms with van der Waals surface area (Å²) in [5.74, 6) is 0.0300. The fraction of sp³-hybridized carbons (Fsp3) is 0.200. The van der Waals surface area contributed by atoms with Gasteiger partial charge in [0.15, 0.2) is 0 Å². The predicted molar refractivity (Wildman–Crippen MR) is 77.8 cm³/mol. The Labute approximate surface area is 117 Å². The molecule has 0 unspecified atom stereocenters. The molecule has 0 fully saturated rings. The first-order valence-corrected chi connectivity index (χ1v) is 6.30. The maximum atomic E-state index is 11.6. The maximum Gasteiger partial charge on any atom is 0.251 e. The lowest BCUT2D eigenvalue weighted by Gasteiger charge is -2.11. The second kappa shape index (κ2) is 6.06. The number of rotatable bonds is 4. The van der Waals surface area contributed by atoms with Crippen molar-refractivity contribution in [1.29, 1.82) is 0 Å². The molecule has 0 aliphatic carbocycles. The second-order valence-electron chi connectivity index (χ2n) is 4.47. The second-order valence-corrected chi connectivity index (χ2v) is 4.47. The molecule has 104 valence electrons. The highest BCUT2D eigenvalue weighted by Crippen LogP contribution is 2.18. The van der Waals surface area contributed by atoms with Crippen molar-refractivity contribution in [3.63, 3.8) is 0 Å². The lowest BCUT2D eigenvalue weighted by atomic mass is 10.1. The van der Waals surface area contributed by atoms with Crippen LogP contribution in [0.2, 0.25) is 0 Å². The Morgan fingerprint density at radius 2 is 2.10 bits per heavy atom. The Kier molecular flexibility index (Phi) is 4.20. The van der Waals surface area contributed by atoms with E-state index in [2.05, 4.69) is 15.6 Å². The third-order valence-corrected chi connectivity index (χ3v) is 3.00. The standard InChI is InChI=1S/C15H17N3O2/c1-10-3-4-11(15(20)16-2)7-14(10)18-8-12-5-6-13(19)9-17-12/h3-7,9,18-19H,8H2,1-2H3,(H,16,20). The molecule has 1 aromatic heterocycles. The Bertz CT molecular complexity index is 609. The molecule has 2 rings (SSSR count). The zero-order valence-corrected chi connectivity index (χ0v) is 11.5. The van der Waals surface area contributed by atoms with Gasteiger partial charge in [0.2, 0.25) is 0 Å². The summed E-state index contributed by atoms with van der Waals surface area (Å²) in [6.07, 6.45) is 1.41. The summed E-state index contributed by atoms with van der Waals surface area (Å²) in [7, 11) is 1.61. The highest BCUT2D eigenvalue weighted by atomic mass is 16.3. The molecule has 5 heteroatoms. The van der Waals surface area contributed by atoms with Gasteiger partial charge in [-0.2, -0.15) is 0 Å². The van der Waals surface area contributed by atoms with E-state index in [1.54, 1.807) is 25.2 Å². The van der Waals surface area contributed by atoms with Gasteiger partial charge in [0.25, 0.3) is 5.91 Å². The van der Waals surface area contributed by atoms with Crippen molar-refractivity contribution in [2.24, 2.45) is 0 Å². The summed E-state index contributed by atoms with van der Waals surface area (Å²) >= 11 is 0. The highest BCUT2D eigenvalue weighted by molar-refractivity contribution is 5.95. The predicted octanol–water partition coefficient (Wildman–Crippen LogP) is 2.07. The van der Waals surface area contributed by atoms with E-state index in [0.29, 0.717) is 12.1 Å². The van der Waals surface area contributed by atoms with Crippen molar-refractivity contribution < 1.29 is 9.90 Å². The number of aromatic hydroxyl groups is 1. The number of carbonyl (C=O) groups is 1. The first-order valence-electron chi connectivity index (χ1n) is 6.30. The lowest BCUT2D eigenvalue weighted by Crippen LogP contribution is -2.18. The van der Waals surface area contributed by atoms with Crippen molar-refractivity contribution in [3.05, 3.63) is 53.3 Å². The van der Waals surface area contributed by atoms with E-state index in [1.807, 2.05) is 19.1 Å². The highest BCUT2D eigenvalue weighted by Gasteiger charge is 2.06. The molecule has 3 N–H and O–H groups in total. The normalized spacial score (nSPS) is 10.1. The van der Waals surface area contributed by atoms with Crippen LogP contribution in [0.4, 0.5) is 5.69 Å². The zero-order valence-electron chi connectivity index (χ0n) is 11.5. The molecule has 0 atom stereocenters. The van der Waals surface area contributed by atoms with Gasteiger partial charge < -0.3 is 15.7 Å². The third kappa shape index (κ3) is 3.26. The van der Waals surface area contributed by atoms with E-state index in [4.69, 9.17) is 0 Å². The SMILES string of the molecule is CNC(=O)c1ccc(C)c(NCc2ccc(O)cn2)c1. The number of hydrogen-bond acceptors (Lipinski definition) is 4. The molecule has 1 heterocycles. The minimum Gasteiger partial charge on any atom is -0.506 e. The molecule has 5 nitrogen and oxygen atoms in total. The van der Waals surface area contributed by atoms with E-state index in [1.165, 1.54) is 6.20 Å². The van der Waals surface area contributed by atoms with Crippen LogP contribution in [0.1, 0.15) is 21.6 Å². The summed E-state index contributed by atoms with van der Waals surface area (Å²) < 4.78 is 0. The molecule has 1 amide bonds. The van der Waals surface area contributed by atoms with Crippen LogP contribution in [0.3, 0.4) is 0 Å². The van der Waals surface area contributed by atoms with Crippen molar-refractivity contribution in [3.8, 4) is 5.75 Å². The number of nitrogens with one attached hydrogen (secondary N) is 2. The summed E-state index contributed by atoms with van der Waals surface area (Å²) in [4.78, 5) is 15.7. The first-order chi connectivity index (χ1) is 9.60. The first kappa shape index (κ1) is 13.9. The van der Waals surface area contributed by atoms with Crippen LogP contribution in [0.25, 0.3) is 0 Å². The van der Waals surface area contributed by atoms with Crippen molar-refractivity contribution in [2.75, 3.05) is 12.4 Å². The molecule has 0 aliphatic rings. The minimum absolute atomic E-state index is 0.115. The summed E-state index contributed by atoms with van der Waals surface area (Å²) in [6, 6.07) is 8.85. The van der Waals surface area contributed by atoms with E-state index < -0.39 is 0 Å². The lowest BCUT2D eigenvalue weighted by molar-refractivity contribution is 0.0963. The minimum atomic E-state index is -0.115. The van der Waals surface area contributed by atoms with Crippen LogP contribution in [-0.4, -0.2) is 23.0 Å². The average Bonchev–Trinajstić information content (AvgIpc) is 2.47. The smallest absolute Gasteiger partial charge is 0.251 e. The average molecular weight is 271 g/mol. The van der Waals surface area contributed by atoms with Gasteiger partial charge in [-0.3, -0.25) is 9.78 Å². The molecule has 0 radical (unpaired) electrons. The number of amides is 1. The van der Waals surface area contributed by atoms with Crippen LogP contribution in [0, 0.1) is 6.92 Å². The van der Waals surface area contributed by atoms with Crippen LogP contribution < -0.4 is 10.6 Å². The topological polar surface area (TPSA) is 74.2 Å². The molecule has 0 aliphatic heterocycles. The number of anilines is 1. The molecule has 0 bridgehead atoms. The number of carbonyl (C=O) groups excluding carboxylic acids is 1. The Morgan fingerprint density at radius 1 is 1.30 bits per heavy atom. The largest absolute Gasteiger partial charge is 0.506 e. The zero-order chi connectivity index (χ0) is 14.5. The van der Waals surface area contributed by atoms with Gasteiger partial charge in [0, 0.05) is 18.3 Å². The number of pyridine rings is 1. The molecule has 2 aromatic rings. The Balaban J connectivity index is 2.12. The van der Waals surface area contributed by atoms with Crippen molar-refractivity contribution >= 4 is 11.6 Å². The van der Waals surface area contributed by atoms with Gasteiger partial charge in [-0.25, -0.2) is 0 Å². The number of aryl methyl sites for hydroxylation is 1. The Morgan fingerprint density at radius 3 is 2.75 bits per heavy atom. The number of nitrogens with zero attached hydrogens (tertiary/aromatic N) is 1. The van der Waals surface area contributed by atoms with Crippen LogP contribution in [0.5, 0.6) is 5.75 Å². The molecule has 1 aromatic carbocycles. The summed E-state index contributed by atoms with van der Waals surface area (Å²) in [5.41, 5.74) is 3.37. The monoisotopic (exact) mass is 271 g/mol. The Hall–Kier alpha value is -2.56. The van der Waals surface area contributed by atoms with E-state index in [-0.39, 0.29) is 11.7 Å². The van der Waals surface area contributed by atoms with Crippen LogP contribution in [-0.2, 0) is 6.54 Å². The van der Waals surface area contributed by atoms with E-state index in [9.17, 15) is 9.90 Å². The van der Waals surface area contributed by atoms with Crippen molar-refractivity contribution in [2.45, 2.75) is 13.5 Å². The van der Waals surface area contributed by atoms with Crippen LogP contribution >= 0.6 is 0 Å². The molecular weight excluding hydrogens is 254 g/mol. The molecule has 20 heavy (non-hydrogen) atoms. The molecule has 0 saturated heterocycles. The molecule has 0 spiro atoms. The summed E-state index contributed by atoms with van der Waals surface area (Å²) in [5, 5.41) is 15.0. The van der Waals surface area contributed by atoms with E-state index >= 15 is 0 Å². The quantitative estimate of drug-likeness (QED) is 0.796. The number of benzene rings is 1. The molecule has 0 saturated carbocycles. The summed E-state index contributed by atoms with van der Waals surface area (Å²) in [6.45, 7) is 2.50. The maximum absolute atomic E-state index is 11.6. The van der Waals surface area contributed by atoms with Gasteiger partial charge in [-0.05, 0) is 36.8 Å². The van der Waals surface area contributed by atoms with Gasteiger partial charge >= 0.3 is 0 Å². The van der Waals surface area contributed by atoms with Crippen LogP contribution in [0.15, 0.2) is 36.5 Å². The molecular formula is C15H17N3O2. The number of aromatic nitrogens is 1. The van der Waals surface area contributed by atoms with Crippen molar-refractivity contribution in [1.82, 2.24) is 10.3 Å². The van der Waals surface area contributed by atoms with E-state index in [0.717, 1.165) is 16.9 Å². The van der Waals surface area contributed by atoms with Gasteiger partial charge in [0.05, 0.1) is 18.4 Å². The van der Waals surface area contributed by atoms with Gasteiger partial charge in [0.1, 0.15) is 5.75 Å². The third-order valence-electron chi connectivity index (χ3n) is 3.00. The van der Waals surface area contributed by atoms with Gasteiger partial charge in [-0.15, -0.1) is 0 Å². The number of hydrogen-bond donors (Lipinski definition) is 3. The van der Waals surface area contributed by atoms with Gasteiger partial charge in [-0.1, -0.05) is 6.07 Å².